The summed E-state index contributed by atoms with van der Waals surface area (Å²) in [5.74, 6) is -0.0883. The number of hydrogen-bond acceptors (Lipinski definition) is 6. The summed E-state index contributed by atoms with van der Waals surface area (Å²) in [7, 11) is 0. The summed E-state index contributed by atoms with van der Waals surface area (Å²) in [4.78, 5) is 27.2. The highest BCUT2D eigenvalue weighted by atomic mass is 16.6. The van der Waals surface area contributed by atoms with Crippen LogP contribution in [-0.2, 0) is 23.8 Å². The zero-order valence-electron chi connectivity index (χ0n) is 22.1. The summed E-state index contributed by atoms with van der Waals surface area (Å²) in [6, 6.07) is 0. The van der Waals surface area contributed by atoms with Crippen LogP contribution in [0.15, 0.2) is 22.8 Å². The zero-order chi connectivity index (χ0) is 25.2. The van der Waals surface area contributed by atoms with Gasteiger partial charge in [0.2, 0.25) is 0 Å². The molecule has 3 spiro atoms. The summed E-state index contributed by atoms with van der Waals surface area (Å²) in [5, 5.41) is 12.5. The van der Waals surface area contributed by atoms with E-state index in [1.165, 1.54) is 11.1 Å². The van der Waals surface area contributed by atoms with E-state index in [4.69, 9.17) is 14.2 Å². The fourth-order valence-electron chi connectivity index (χ4n) is 11.3. The van der Waals surface area contributed by atoms with E-state index in [1.807, 2.05) is 13.8 Å². The lowest BCUT2D eigenvalue weighted by molar-refractivity contribution is -0.169. The molecule has 3 saturated carbocycles. The van der Waals surface area contributed by atoms with Crippen molar-refractivity contribution < 1.29 is 28.9 Å². The molecule has 1 N–H and O–H groups in total. The van der Waals surface area contributed by atoms with E-state index in [0.29, 0.717) is 6.42 Å². The van der Waals surface area contributed by atoms with Crippen molar-refractivity contribution in [1.29, 1.82) is 0 Å². The molecule has 8 rings (SSSR count). The van der Waals surface area contributed by atoms with Crippen molar-refractivity contribution in [2.75, 3.05) is 0 Å². The van der Waals surface area contributed by atoms with Gasteiger partial charge in [-0.15, -0.1) is 0 Å². The predicted octanol–water partition coefficient (Wildman–Crippen LogP) is 4.25. The van der Waals surface area contributed by atoms with Crippen LogP contribution < -0.4 is 0 Å². The molecule has 2 bridgehead atoms. The molecule has 3 unspecified atom stereocenters. The first-order valence-electron chi connectivity index (χ1n) is 14.2. The Bertz CT molecular complexity index is 1200. The van der Waals surface area contributed by atoms with Gasteiger partial charge < -0.3 is 19.3 Å². The van der Waals surface area contributed by atoms with Gasteiger partial charge in [0.25, 0.3) is 0 Å². The number of carbonyl (C=O) groups excluding carboxylic acids is 2. The number of carbonyl (C=O) groups is 2. The number of fused-ring (bicyclic) bond motifs is 6. The van der Waals surface area contributed by atoms with Gasteiger partial charge in [0.05, 0.1) is 22.5 Å². The predicted molar refractivity (Wildman–Crippen MR) is 129 cm³/mol. The summed E-state index contributed by atoms with van der Waals surface area (Å²) >= 11 is 0. The topological polar surface area (TPSA) is 85.4 Å². The summed E-state index contributed by atoms with van der Waals surface area (Å²) < 4.78 is 19.1. The number of hydrogen-bond donors (Lipinski definition) is 1. The van der Waals surface area contributed by atoms with Crippen LogP contribution in [0.4, 0.5) is 0 Å². The van der Waals surface area contributed by atoms with Crippen LogP contribution in [0.5, 0.6) is 0 Å². The number of allylic oxidation sites excluding steroid dienone is 1. The maximum absolute atomic E-state index is 14.4. The van der Waals surface area contributed by atoms with Crippen LogP contribution in [0.25, 0.3) is 0 Å². The monoisotopic (exact) mass is 494 g/mol. The van der Waals surface area contributed by atoms with E-state index in [2.05, 4.69) is 26.8 Å². The molecule has 36 heavy (non-hydrogen) atoms. The van der Waals surface area contributed by atoms with Crippen LogP contribution in [-0.4, -0.2) is 46.1 Å². The summed E-state index contributed by atoms with van der Waals surface area (Å²) in [5.41, 5.74) is 0.551. The molecule has 0 aromatic rings. The quantitative estimate of drug-likeness (QED) is 0.308. The second-order valence-corrected chi connectivity index (χ2v) is 14.1. The van der Waals surface area contributed by atoms with E-state index in [1.54, 1.807) is 0 Å². The highest BCUT2D eigenvalue weighted by Gasteiger charge is 2.84. The molecular weight excluding hydrogens is 456 g/mol. The molecule has 12 atom stereocenters. The van der Waals surface area contributed by atoms with Crippen LogP contribution in [0, 0.1) is 40.4 Å². The molecular formula is C30H38O6. The third-order valence-electron chi connectivity index (χ3n) is 13.1. The molecule has 194 valence electrons. The Labute approximate surface area is 212 Å². The number of aliphatic hydroxyl groups is 1. The molecule has 6 nitrogen and oxygen atoms in total. The van der Waals surface area contributed by atoms with E-state index in [-0.39, 0.29) is 64.9 Å². The molecule has 8 aliphatic rings. The van der Waals surface area contributed by atoms with Crippen LogP contribution in [0.1, 0.15) is 79.6 Å². The lowest BCUT2D eigenvalue weighted by atomic mass is 9.48. The van der Waals surface area contributed by atoms with Crippen molar-refractivity contribution in [2.24, 2.45) is 40.4 Å². The van der Waals surface area contributed by atoms with E-state index >= 15 is 0 Å². The molecule has 3 saturated heterocycles. The first-order valence-corrected chi connectivity index (χ1v) is 14.2. The van der Waals surface area contributed by atoms with E-state index in [9.17, 15) is 14.7 Å². The van der Waals surface area contributed by atoms with Gasteiger partial charge in [-0.25, -0.2) is 0 Å². The third-order valence-corrected chi connectivity index (χ3v) is 13.1. The van der Waals surface area contributed by atoms with Crippen LogP contribution in [0.2, 0.25) is 0 Å². The highest BCUT2D eigenvalue weighted by Crippen LogP contribution is 2.80. The summed E-state index contributed by atoms with van der Waals surface area (Å²) in [6.07, 6.45) is 7.17. The van der Waals surface area contributed by atoms with Gasteiger partial charge in [0.15, 0.2) is 0 Å². The van der Waals surface area contributed by atoms with Gasteiger partial charge in [-0.2, -0.15) is 0 Å². The van der Waals surface area contributed by atoms with Crippen molar-refractivity contribution in [3.63, 3.8) is 0 Å². The van der Waals surface area contributed by atoms with Crippen molar-refractivity contribution in [2.45, 2.75) is 109 Å². The number of epoxide rings is 1. The summed E-state index contributed by atoms with van der Waals surface area (Å²) in [6.45, 7) is 10.5. The molecule has 3 aliphatic heterocycles. The smallest absolute Gasteiger partial charge is 0.313 e. The Kier molecular flexibility index (Phi) is 3.81. The number of esters is 2. The minimum absolute atomic E-state index is 0.0206. The minimum atomic E-state index is -1.08. The SMILES string of the molecule is CC1=CC[C@]23O[C@@]2(C)CC[C@@H]2[C@H](OC(=O)[C@]24CC2CC45C(=C2C)[C@@H]2OC(=O)[C@H](C)[C@@H]2CCC5(C)O)[C@@H]13. The molecule has 0 radical (unpaired) electrons. The standard InChI is InChI=1S/C30H38O6/c1-14-6-11-30-20(14)23-19(8-10-27(30,5)36-30)28(25(32)35-23)12-17-13-29(28)21(15(17)2)22-18(7-9-26(29,4)33)16(3)24(31)34-22/h6,16-20,22-23,33H,7-13H2,1-5H3/t16-,17?,18+,19-,20-,22-,23+,26?,27+,28+,29?,30-/m1/s1. The maximum atomic E-state index is 14.4. The molecule has 3 heterocycles. The van der Waals surface area contributed by atoms with Gasteiger partial charge in [-0.1, -0.05) is 24.1 Å². The molecule has 6 fully saturated rings. The number of ether oxygens (including phenoxy) is 3. The zero-order valence-corrected chi connectivity index (χ0v) is 22.1. The van der Waals surface area contributed by atoms with Crippen LogP contribution >= 0.6 is 0 Å². The van der Waals surface area contributed by atoms with Crippen molar-refractivity contribution in [3.8, 4) is 0 Å². The Morgan fingerprint density at radius 1 is 1.06 bits per heavy atom. The Hall–Kier alpha value is -1.66. The van der Waals surface area contributed by atoms with Gasteiger partial charge in [0.1, 0.15) is 17.8 Å². The Balaban J connectivity index is 1.33. The molecule has 5 aliphatic carbocycles. The maximum Gasteiger partial charge on any atom is 0.313 e. The van der Waals surface area contributed by atoms with Crippen molar-refractivity contribution >= 4 is 11.9 Å². The average molecular weight is 495 g/mol. The second kappa shape index (κ2) is 6.14. The third kappa shape index (κ3) is 2.02. The first-order chi connectivity index (χ1) is 16.9. The van der Waals surface area contributed by atoms with E-state index in [0.717, 1.165) is 44.1 Å². The Morgan fingerprint density at radius 2 is 1.83 bits per heavy atom. The largest absolute Gasteiger partial charge is 0.461 e. The van der Waals surface area contributed by atoms with Gasteiger partial charge in [-0.3, -0.25) is 9.59 Å². The highest BCUT2D eigenvalue weighted by molar-refractivity contribution is 5.85. The van der Waals surface area contributed by atoms with E-state index < -0.39 is 16.4 Å². The van der Waals surface area contributed by atoms with Crippen LogP contribution in [0.3, 0.4) is 0 Å². The lowest BCUT2D eigenvalue weighted by Crippen LogP contribution is -2.60. The second-order valence-electron chi connectivity index (χ2n) is 14.1. The Morgan fingerprint density at radius 3 is 2.61 bits per heavy atom. The fourth-order valence-corrected chi connectivity index (χ4v) is 11.3. The number of rotatable bonds is 0. The minimum Gasteiger partial charge on any atom is -0.461 e. The molecule has 0 aromatic carbocycles. The fraction of sp³-hybridized carbons (Fsp3) is 0.800. The average Bonchev–Trinajstić information content (AvgIpc) is 3.21. The molecule has 0 aromatic heterocycles. The van der Waals surface area contributed by atoms with Gasteiger partial charge in [0, 0.05) is 23.2 Å². The normalized spacial score (nSPS) is 59.9. The van der Waals surface area contributed by atoms with Crippen molar-refractivity contribution in [3.05, 3.63) is 22.8 Å². The van der Waals surface area contributed by atoms with Gasteiger partial charge in [-0.05, 0) is 84.1 Å². The molecule has 6 heteroatoms. The van der Waals surface area contributed by atoms with Crippen molar-refractivity contribution in [1.82, 2.24) is 0 Å². The van der Waals surface area contributed by atoms with Gasteiger partial charge >= 0.3 is 11.9 Å². The first kappa shape index (κ1) is 22.3. The molecule has 0 amide bonds. The lowest BCUT2D eigenvalue weighted by Gasteiger charge is -2.54.